The van der Waals surface area contributed by atoms with Gasteiger partial charge in [-0.05, 0) is 36.8 Å². The van der Waals surface area contributed by atoms with Crippen LogP contribution in [0.1, 0.15) is 34.6 Å². The number of aromatic carboxylic acids is 1. The molecule has 0 spiro atoms. The molecular weight excluding hydrogens is 362 g/mol. The van der Waals surface area contributed by atoms with E-state index in [0.29, 0.717) is 11.3 Å². The van der Waals surface area contributed by atoms with Crippen LogP contribution in [0, 0.1) is 0 Å². The molecular formula is C20H19N3O5. The van der Waals surface area contributed by atoms with Gasteiger partial charge in [-0.2, -0.15) is 0 Å². The quantitative estimate of drug-likeness (QED) is 0.647. The lowest BCUT2D eigenvalue weighted by Gasteiger charge is -2.12. The Morgan fingerprint density at radius 2 is 2.11 bits per heavy atom. The number of carbonyl (C=O) groups excluding carboxylic acids is 1. The number of methoxy groups -OCH3 is 1. The molecule has 3 rings (SSSR count). The summed E-state index contributed by atoms with van der Waals surface area (Å²) in [5.41, 5.74) is 1.37. The van der Waals surface area contributed by atoms with E-state index in [1.807, 2.05) is 6.07 Å². The number of ether oxygens (including phenoxy) is 1. The highest BCUT2D eigenvalue weighted by molar-refractivity contribution is 5.96. The molecule has 8 heteroatoms. The van der Waals surface area contributed by atoms with Crippen LogP contribution in [-0.4, -0.2) is 34.2 Å². The first-order valence-corrected chi connectivity index (χ1v) is 8.55. The second-order valence-electron chi connectivity index (χ2n) is 6.13. The predicted octanol–water partition coefficient (Wildman–Crippen LogP) is 2.86. The number of hydrogen-bond donors (Lipinski definition) is 2. The van der Waals surface area contributed by atoms with Crippen molar-refractivity contribution in [1.29, 1.82) is 0 Å². The van der Waals surface area contributed by atoms with Crippen molar-refractivity contribution in [2.45, 2.75) is 19.4 Å². The number of hydrogen-bond acceptors (Lipinski definition) is 6. The Bertz CT molecular complexity index is 985. The zero-order valence-corrected chi connectivity index (χ0v) is 15.4. The van der Waals surface area contributed by atoms with Crippen LogP contribution in [0.15, 0.2) is 53.3 Å². The Hall–Kier alpha value is -3.68. The number of carboxylic acid groups (broad SMARTS) is 1. The Morgan fingerprint density at radius 1 is 1.29 bits per heavy atom. The van der Waals surface area contributed by atoms with Crippen LogP contribution in [0.2, 0.25) is 0 Å². The van der Waals surface area contributed by atoms with Crippen molar-refractivity contribution in [2.75, 3.05) is 7.11 Å². The molecule has 2 aromatic heterocycles. The van der Waals surface area contributed by atoms with E-state index in [4.69, 9.17) is 9.26 Å². The second-order valence-corrected chi connectivity index (χ2v) is 6.13. The first-order chi connectivity index (χ1) is 13.5. The Morgan fingerprint density at radius 3 is 2.79 bits per heavy atom. The number of carbonyl (C=O) groups is 2. The molecule has 0 aliphatic carbocycles. The van der Waals surface area contributed by atoms with Gasteiger partial charge >= 0.3 is 5.97 Å². The molecule has 2 N–H and O–H groups in total. The number of pyridine rings is 1. The monoisotopic (exact) mass is 381 g/mol. The molecule has 0 unspecified atom stereocenters. The molecule has 0 radical (unpaired) electrons. The van der Waals surface area contributed by atoms with E-state index in [-0.39, 0.29) is 29.3 Å². The normalized spacial score (nSPS) is 11.6. The van der Waals surface area contributed by atoms with Crippen molar-refractivity contribution in [3.63, 3.8) is 0 Å². The lowest BCUT2D eigenvalue weighted by atomic mass is 10.0. The van der Waals surface area contributed by atoms with E-state index in [1.165, 1.54) is 6.20 Å². The first-order valence-electron chi connectivity index (χ1n) is 8.55. The molecule has 0 aliphatic heterocycles. The average molecular weight is 381 g/mol. The van der Waals surface area contributed by atoms with Crippen LogP contribution < -0.4 is 10.1 Å². The minimum absolute atomic E-state index is 0.0744. The van der Waals surface area contributed by atoms with Crippen LogP contribution in [-0.2, 0) is 11.2 Å². The summed E-state index contributed by atoms with van der Waals surface area (Å²) in [4.78, 5) is 28.1. The number of benzene rings is 1. The van der Waals surface area contributed by atoms with Gasteiger partial charge in [0.2, 0.25) is 5.91 Å². The maximum absolute atomic E-state index is 12.4. The largest absolute Gasteiger partial charge is 0.497 e. The number of aromatic nitrogens is 2. The van der Waals surface area contributed by atoms with Gasteiger partial charge in [0.05, 0.1) is 19.6 Å². The molecule has 1 amide bonds. The van der Waals surface area contributed by atoms with Gasteiger partial charge < -0.3 is 19.7 Å². The van der Waals surface area contributed by atoms with Crippen LogP contribution in [0.5, 0.6) is 5.75 Å². The summed E-state index contributed by atoms with van der Waals surface area (Å²) in [6.07, 6.45) is 3.19. The van der Waals surface area contributed by atoms with Crippen molar-refractivity contribution in [2.24, 2.45) is 0 Å². The number of rotatable bonds is 7. The molecule has 2 heterocycles. The van der Waals surface area contributed by atoms with Gasteiger partial charge in [-0.3, -0.25) is 9.78 Å². The standard InChI is InChI=1S/C20H19N3O5/c1-12(22-16(24)10-13-5-3-7-15(9-13)27-2)19-17(20(25)26)18(23-28-19)14-6-4-8-21-11-14/h3-9,11-12H,10H2,1-2H3,(H,22,24)(H,25,26)/t12-/m1/s1. The molecule has 144 valence electrons. The Labute approximate surface area is 161 Å². The van der Waals surface area contributed by atoms with E-state index < -0.39 is 12.0 Å². The highest BCUT2D eigenvalue weighted by Crippen LogP contribution is 2.28. The summed E-state index contributed by atoms with van der Waals surface area (Å²) in [6, 6.07) is 9.84. The predicted molar refractivity (Wildman–Crippen MR) is 99.9 cm³/mol. The zero-order valence-electron chi connectivity index (χ0n) is 15.4. The molecule has 8 nitrogen and oxygen atoms in total. The third-order valence-electron chi connectivity index (χ3n) is 4.14. The van der Waals surface area contributed by atoms with Gasteiger partial charge in [0.1, 0.15) is 17.0 Å². The molecule has 0 saturated heterocycles. The smallest absolute Gasteiger partial charge is 0.341 e. The summed E-state index contributed by atoms with van der Waals surface area (Å²) < 4.78 is 10.4. The fourth-order valence-corrected chi connectivity index (χ4v) is 2.83. The van der Waals surface area contributed by atoms with Crippen molar-refractivity contribution in [1.82, 2.24) is 15.5 Å². The second kappa shape index (κ2) is 8.34. The van der Waals surface area contributed by atoms with Crippen molar-refractivity contribution in [3.05, 3.63) is 65.7 Å². The maximum Gasteiger partial charge on any atom is 0.341 e. The summed E-state index contributed by atoms with van der Waals surface area (Å²) >= 11 is 0. The van der Waals surface area contributed by atoms with Crippen molar-refractivity contribution < 1.29 is 24.0 Å². The van der Waals surface area contributed by atoms with Gasteiger partial charge in [-0.15, -0.1) is 0 Å². The SMILES string of the molecule is COc1cccc(CC(=O)N[C@H](C)c2onc(-c3cccnc3)c2C(=O)O)c1. The molecule has 1 atom stereocenters. The van der Waals surface area contributed by atoms with E-state index in [1.54, 1.807) is 50.6 Å². The lowest BCUT2D eigenvalue weighted by Crippen LogP contribution is -2.28. The van der Waals surface area contributed by atoms with Crippen LogP contribution >= 0.6 is 0 Å². The third-order valence-corrected chi connectivity index (χ3v) is 4.14. The summed E-state index contributed by atoms with van der Waals surface area (Å²) in [5.74, 6) is -0.742. The number of nitrogens with zero attached hydrogens (tertiary/aromatic N) is 2. The average Bonchev–Trinajstić information content (AvgIpc) is 3.14. The highest BCUT2D eigenvalue weighted by Gasteiger charge is 2.28. The zero-order chi connectivity index (χ0) is 20.1. The molecule has 1 aromatic carbocycles. The van der Waals surface area contributed by atoms with Crippen LogP contribution in [0.3, 0.4) is 0 Å². The summed E-state index contributed by atoms with van der Waals surface area (Å²) in [7, 11) is 1.55. The molecule has 0 saturated carbocycles. The molecule has 0 bridgehead atoms. The van der Waals surface area contributed by atoms with Gasteiger partial charge in [0, 0.05) is 18.0 Å². The Kier molecular flexibility index (Phi) is 5.69. The fourth-order valence-electron chi connectivity index (χ4n) is 2.83. The number of amides is 1. The van der Waals surface area contributed by atoms with E-state index in [9.17, 15) is 14.7 Å². The summed E-state index contributed by atoms with van der Waals surface area (Å²) in [5, 5.41) is 16.3. The topological polar surface area (TPSA) is 115 Å². The van der Waals surface area contributed by atoms with Crippen molar-refractivity contribution in [3.8, 4) is 17.0 Å². The van der Waals surface area contributed by atoms with Gasteiger partial charge in [-0.25, -0.2) is 4.79 Å². The minimum Gasteiger partial charge on any atom is -0.497 e. The van der Waals surface area contributed by atoms with Crippen LogP contribution in [0.4, 0.5) is 0 Å². The van der Waals surface area contributed by atoms with Gasteiger partial charge in [0.15, 0.2) is 5.76 Å². The number of nitrogens with one attached hydrogen (secondary N) is 1. The van der Waals surface area contributed by atoms with Crippen LogP contribution in [0.25, 0.3) is 11.3 Å². The third kappa shape index (κ3) is 4.17. The molecule has 0 aliphatic rings. The van der Waals surface area contributed by atoms with Gasteiger partial charge in [-0.1, -0.05) is 17.3 Å². The van der Waals surface area contributed by atoms with Crippen molar-refractivity contribution >= 4 is 11.9 Å². The van der Waals surface area contributed by atoms with E-state index in [0.717, 1.165) is 5.56 Å². The van der Waals surface area contributed by atoms with Gasteiger partial charge in [0.25, 0.3) is 0 Å². The molecule has 28 heavy (non-hydrogen) atoms. The fraction of sp³-hybridized carbons (Fsp3) is 0.200. The Balaban J connectivity index is 1.78. The highest BCUT2D eigenvalue weighted by atomic mass is 16.5. The first kappa shape index (κ1) is 19.1. The maximum atomic E-state index is 12.4. The molecule has 0 fully saturated rings. The summed E-state index contributed by atoms with van der Waals surface area (Å²) in [6.45, 7) is 1.64. The van der Waals surface area contributed by atoms with E-state index in [2.05, 4.69) is 15.5 Å². The minimum atomic E-state index is -1.19. The lowest BCUT2D eigenvalue weighted by molar-refractivity contribution is -0.121. The molecule has 3 aromatic rings. The number of carboxylic acids is 1. The van der Waals surface area contributed by atoms with E-state index >= 15 is 0 Å².